The molecule has 0 aromatic carbocycles. The molecule has 0 aliphatic rings. The Morgan fingerprint density at radius 3 is 1.89 bits per heavy atom. The molecule has 0 heterocycles. The van der Waals surface area contributed by atoms with E-state index in [1.165, 1.54) is 44.9 Å². The van der Waals surface area contributed by atoms with Crippen molar-refractivity contribution in [3.63, 3.8) is 0 Å². The molecule has 0 aliphatic carbocycles. The predicted octanol–water partition coefficient (Wildman–Crippen LogP) is 5.07. The molecule has 0 radical (unpaired) electrons. The Kier molecular flexibility index (Phi) is 9.99. The highest BCUT2D eigenvalue weighted by Gasteiger charge is 2.32. The van der Waals surface area contributed by atoms with E-state index < -0.39 is 0 Å². The van der Waals surface area contributed by atoms with Crippen LogP contribution < -0.4 is 5.32 Å². The molecule has 0 saturated heterocycles. The molecule has 1 N–H and O–H groups in total. The summed E-state index contributed by atoms with van der Waals surface area (Å²) in [5.41, 5.74) is -0.160. The fourth-order valence-corrected chi connectivity index (χ4v) is 2.50. The number of hydrogen-bond acceptors (Lipinski definition) is 1. The minimum absolute atomic E-state index is 0.160. The van der Waals surface area contributed by atoms with Gasteiger partial charge >= 0.3 is 0 Å². The summed E-state index contributed by atoms with van der Waals surface area (Å²) in [6.45, 7) is 10.7. The molecule has 0 spiro atoms. The summed E-state index contributed by atoms with van der Waals surface area (Å²) in [5.74, 6) is 0.259. The molecule has 0 aromatic rings. The standard InChI is InChI=1S/C17H35NO/c1-6-8-10-12-14-17(5,13-11-9-7-2)16(19)18-15(3)4/h15H,6-14H2,1-5H3,(H,18,19). The number of carbonyl (C=O) groups excluding carboxylic acids is 1. The monoisotopic (exact) mass is 269 g/mol. The van der Waals surface area contributed by atoms with E-state index in [4.69, 9.17) is 0 Å². The van der Waals surface area contributed by atoms with Crippen molar-refractivity contribution < 1.29 is 4.79 Å². The third-order valence-electron chi connectivity index (χ3n) is 3.88. The van der Waals surface area contributed by atoms with Gasteiger partial charge in [-0.15, -0.1) is 0 Å². The Balaban J connectivity index is 4.38. The fourth-order valence-electron chi connectivity index (χ4n) is 2.50. The highest BCUT2D eigenvalue weighted by atomic mass is 16.2. The van der Waals surface area contributed by atoms with Gasteiger partial charge in [-0.2, -0.15) is 0 Å². The second-order valence-electron chi connectivity index (χ2n) is 6.46. The van der Waals surface area contributed by atoms with Crippen LogP contribution in [0.15, 0.2) is 0 Å². The average Bonchev–Trinajstić information content (AvgIpc) is 2.34. The summed E-state index contributed by atoms with van der Waals surface area (Å²) in [6.07, 6.45) is 10.7. The van der Waals surface area contributed by atoms with E-state index in [0.29, 0.717) is 0 Å². The van der Waals surface area contributed by atoms with Crippen LogP contribution in [0.2, 0.25) is 0 Å². The van der Waals surface area contributed by atoms with Crippen molar-refractivity contribution in [2.75, 3.05) is 0 Å². The first-order valence-corrected chi connectivity index (χ1v) is 8.27. The summed E-state index contributed by atoms with van der Waals surface area (Å²) in [7, 11) is 0. The summed E-state index contributed by atoms with van der Waals surface area (Å²) >= 11 is 0. The molecule has 0 fully saturated rings. The number of carbonyl (C=O) groups is 1. The second kappa shape index (κ2) is 10.3. The van der Waals surface area contributed by atoms with Crippen molar-refractivity contribution >= 4 is 5.91 Å². The number of rotatable bonds is 11. The van der Waals surface area contributed by atoms with Crippen LogP contribution in [0.3, 0.4) is 0 Å². The van der Waals surface area contributed by atoms with Gasteiger partial charge in [-0.25, -0.2) is 0 Å². The molecule has 2 nitrogen and oxygen atoms in total. The number of hydrogen-bond donors (Lipinski definition) is 1. The van der Waals surface area contributed by atoms with Crippen molar-refractivity contribution in [3.8, 4) is 0 Å². The zero-order valence-corrected chi connectivity index (χ0v) is 13.8. The van der Waals surface area contributed by atoms with Gasteiger partial charge in [0.15, 0.2) is 0 Å². The van der Waals surface area contributed by atoms with E-state index in [0.717, 1.165) is 12.8 Å². The van der Waals surface area contributed by atoms with Crippen LogP contribution in [0.1, 0.15) is 92.4 Å². The second-order valence-corrected chi connectivity index (χ2v) is 6.46. The average molecular weight is 269 g/mol. The van der Waals surface area contributed by atoms with Crippen LogP contribution >= 0.6 is 0 Å². The van der Waals surface area contributed by atoms with Gasteiger partial charge in [0.25, 0.3) is 0 Å². The van der Waals surface area contributed by atoms with Crippen molar-refractivity contribution in [3.05, 3.63) is 0 Å². The lowest BCUT2D eigenvalue weighted by Gasteiger charge is -2.29. The van der Waals surface area contributed by atoms with E-state index in [1.807, 2.05) is 13.8 Å². The van der Waals surface area contributed by atoms with Crippen molar-refractivity contribution in [1.29, 1.82) is 0 Å². The van der Waals surface area contributed by atoms with Crippen molar-refractivity contribution in [2.45, 2.75) is 98.4 Å². The van der Waals surface area contributed by atoms with Crippen LogP contribution in [-0.2, 0) is 4.79 Å². The smallest absolute Gasteiger partial charge is 0.226 e. The minimum Gasteiger partial charge on any atom is -0.353 e. The summed E-state index contributed by atoms with van der Waals surface area (Å²) in [5, 5.41) is 3.11. The number of nitrogens with one attached hydrogen (secondary N) is 1. The van der Waals surface area contributed by atoms with E-state index in [1.54, 1.807) is 0 Å². The Morgan fingerprint density at radius 1 is 0.947 bits per heavy atom. The Labute approximate surface area is 120 Å². The van der Waals surface area contributed by atoms with E-state index in [9.17, 15) is 4.79 Å². The van der Waals surface area contributed by atoms with Crippen LogP contribution in [0.4, 0.5) is 0 Å². The summed E-state index contributed by atoms with van der Waals surface area (Å²) in [4.78, 5) is 12.4. The van der Waals surface area contributed by atoms with Gasteiger partial charge in [0, 0.05) is 11.5 Å². The van der Waals surface area contributed by atoms with Crippen LogP contribution in [0, 0.1) is 5.41 Å². The van der Waals surface area contributed by atoms with Gasteiger partial charge in [-0.05, 0) is 26.7 Å². The Bertz CT molecular complexity index is 237. The Morgan fingerprint density at radius 2 is 1.42 bits per heavy atom. The third-order valence-corrected chi connectivity index (χ3v) is 3.88. The molecule has 2 heteroatoms. The maximum Gasteiger partial charge on any atom is 0.226 e. The van der Waals surface area contributed by atoms with Crippen LogP contribution in [0.5, 0.6) is 0 Å². The molecular weight excluding hydrogens is 234 g/mol. The molecule has 1 atom stereocenters. The fraction of sp³-hybridized carbons (Fsp3) is 0.941. The molecule has 1 amide bonds. The lowest BCUT2D eigenvalue weighted by molar-refractivity contribution is -0.131. The van der Waals surface area contributed by atoms with Crippen molar-refractivity contribution in [2.24, 2.45) is 5.41 Å². The van der Waals surface area contributed by atoms with Crippen LogP contribution in [0.25, 0.3) is 0 Å². The zero-order chi connectivity index (χ0) is 14.7. The van der Waals surface area contributed by atoms with Gasteiger partial charge in [-0.3, -0.25) is 4.79 Å². The lowest BCUT2D eigenvalue weighted by atomic mass is 9.78. The van der Waals surface area contributed by atoms with Gasteiger partial charge in [-0.1, -0.05) is 65.7 Å². The van der Waals surface area contributed by atoms with Gasteiger partial charge in [0.2, 0.25) is 5.91 Å². The van der Waals surface area contributed by atoms with E-state index in [2.05, 4.69) is 26.1 Å². The highest BCUT2D eigenvalue weighted by molar-refractivity contribution is 5.82. The van der Waals surface area contributed by atoms with E-state index in [-0.39, 0.29) is 17.4 Å². The molecule has 0 aliphatic heterocycles. The van der Waals surface area contributed by atoms with Gasteiger partial charge in [0.05, 0.1) is 0 Å². The molecular formula is C17H35NO. The topological polar surface area (TPSA) is 29.1 Å². The zero-order valence-electron chi connectivity index (χ0n) is 13.8. The molecule has 0 saturated carbocycles. The first-order valence-electron chi connectivity index (χ1n) is 8.27. The first kappa shape index (κ1) is 18.5. The molecule has 19 heavy (non-hydrogen) atoms. The minimum atomic E-state index is -0.160. The molecule has 114 valence electrons. The molecule has 0 aromatic heterocycles. The normalized spacial score (nSPS) is 14.4. The quantitative estimate of drug-likeness (QED) is 0.521. The summed E-state index contributed by atoms with van der Waals surface area (Å²) in [6, 6.07) is 0.244. The SMILES string of the molecule is CCCCCCC(C)(CCCCC)C(=O)NC(C)C. The van der Waals surface area contributed by atoms with E-state index >= 15 is 0 Å². The molecule has 1 unspecified atom stereocenters. The highest BCUT2D eigenvalue weighted by Crippen LogP contribution is 2.31. The molecule has 0 bridgehead atoms. The maximum absolute atomic E-state index is 12.4. The van der Waals surface area contributed by atoms with Gasteiger partial charge < -0.3 is 5.32 Å². The number of unbranched alkanes of at least 4 members (excludes halogenated alkanes) is 5. The summed E-state index contributed by atoms with van der Waals surface area (Å²) < 4.78 is 0. The predicted molar refractivity (Wildman–Crippen MR) is 84.3 cm³/mol. The largest absolute Gasteiger partial charge is 0.353 e. The molecule has 0 rings (SSSR count). The lowest BCUT2D eigenvalue weighted by Crippen LogP contribution is -2.42. The maximum atomic E-state index is 12.4. The first-order chi connectivity index (χ1) is 8.96. The van der Waals surface area contributed by atoms with Crippen molar-refractivity contribution in [1.82, 2.24) is 5.32 Å². The number of amides is 1. The van der Waals surface area contributed by atoms with Gasteiger partial charge in [0.1, 0.15) is 0 Å². The Hall–Kier alpha value is -0.530. The third kappa shape index (κ3) is 8.28. The van der Waals surface area contributed by atoms with Crippen LogP contribution in [-0.4, -0.2) is 11.9 Å².